The number of hydrogen-bond acceptors (Lipinski definition) is 3. The highest BCUT2D eigenvalue weighted by Gasteiger charge is 2.35. The first kappa shape index (κ1) is 15.4. The zero-order valence-electron chi connectivity index (χ0n) is 11.4. The van der Waals surface area contributed by atoms with Gasteiger partial charge in [0, 0.05) is 12.1 Å². The van der Waals surface area contributed by atoms with Crippen LogP contribution in [0.3, 0.4) is 0 Å². The van der Waals surface area contributed by atoms with Gasteiger partial charge in [-0.3, -0.25) is 4.79 Å². The molecule has 0 bridgehead atoms. The van der Waals surface area contributed by atoms with Gasteiger partial charge in [0.1, 0.15) is 35.2 Å². The number of nitriles is 1. The van der Waals surface area contributed by atoms with Gasteiger partial charge in [0.2, 0.25) is 0 Å². The maximum atomic E-state index is 13.8. The molecule has 1 fully saturated rings. The average Bonchev–Trinajstić information content (AvgIpc) is 2.37. The number of nitrogens with zero attached hydrogens (tertiary/aromatic N) is 1. The predicted octanol–water partition coefficient (Wildman–Crippen LogP) is 3.52. The van der Waals surface area contributed by atoms with E-state index in [9.17, 15) is 18.0 Å². The fourth-order valence-electron chi connectivity index (χ4n) is 2.48. The van der Waals surface area contributed by atoms with E-state index in [-0.39, 0.29) is 18.1 Å². The monoisotopic (exact) mass is 297 g/mol. The topological polar surface area (TPSA) is 50.1 Å². The van der Waals surface area contributed by atoms with Gasteiger partial charge < -0.3 is 4.74 Å². The van der Waals surface area contributed by atoms with Gasteiger partial charge in [0.25, 0.3) is 0 Å². The van der Waals surface area contributed by atoms with Crippen LogP contribution in [0, 0.1) is 34.8 Å². The third-order valence-electron chi connectivity index (χ3n) is 3.68. The molecule has 1 aromatic rings. The third kappa shape index (κ3) is 3.35. The van der Waals surface area contributed by atoms with Crippen LogP contribution >= 0.6 is 0 Å². The summed E-state index contributed by atoms with van der Waals surface area (Å²) in [6, 6.07) is 2.87. The highest BCUT2D eigenvalue weighted by Crippen LogP contribution is 2.32. The summed E-state index contributed by atoms with van der Waals surface area (Å²) in [5, 5.41) is 8.55. The van der Waals surface area contributed by atoms with Crippen LogP contribution in [0.5, 0.6) is 5.75 Å². The summed E-state index contributed by atoms with van der Waals surface area (Å²) < 4.78 is 45.5. The highest BCUT2D eigenvalue weighted by atomic mass is 19.1. The Hall–Kier alpha value is -2.03. The summed E-state index contributed by atoms with van der Waals surface area (Å²) in [7, 11) is 0. The first-order valence-electron chi connectivity index (χ1n) is 6.67. The van der Waals surface area contributed by atoms with Crippen molar-refractivity contribution in [3.63, 3.8) is 0 Å². The van der Waals surface area contributed by atoms with Gasteiger partial charge in [-0.25, -0.2) is 13.2 Å². The Morgan fingerprint density at radius 2 is 1.95 bits per heavy atom. The molecule has 1 aromatic carbocycles. The smallest absolute Gasteiger partial charge is 0.317 e. The van der Waals surface area contributed by atoms with Crippen LogP contribution in [0.25, 0.3) is 0 Å². The van der Waals surface area contributed by atoms with Crippen molar-refractivity contribution in [2.45, 2.75) is 32.4 Å². The summed E-state index contributed by atoms with van der Waals surface area (Å²) in [4.78, 5) is 11.9. The van der Waals surface area contributed by atoms with Crippen LogP contribution in [0.15, 0.2) is 12.1 Å². The summed E-state index contributed by atoms with van der Waals surface area (Å²) in [6.45, 7) is 1.90. The zero-order chi connectivity index (χ0) is 15.6. The minimum Gasteiger partial charge on any atom is -0.426 e. The highest BCUT2D eigenvalue weighted by molar-refractivity contribution is 5.76. The van der Waals surface area contributed by atoms with E-state index in [1.165, 1.54) is 6.07 Å². The second-order valence-electron chi connectivity index (χ2n) is 5.34. The van der Waals surface area contributed by atoms with Crippen LogP contribution < -0.4 is 4.74 Å². The molecule has 3 unspecified atom stereocenters. The van der Waals surface area contributed by atoms with E-state index >= 15 is 0 Å². The maximum absolute atomic E-state index is 13.8. The van der Waals surface area contributed by atoms with Crippen molar-refractivity contribution in [3.8, 4) is 11.8 Å². The van der Waals surface area contributed by atoms with E-state index in [2.05, 4.69) is 0 Å². The van der Waals surface area contributed by atoms with Crippen molar-refractivity contribution in [1.82, 2.24) is 0 Å². The van der Waals surface area contributed by atoms with Crippen molar-refractivity contribution in [2.75, 3.05) is 0 Å². The van der Waals surface area contributed by atoms with Crippen molar-refractivity contribution in [3.05, 3.63) is 29.3 Å². The first-order valence-corrected chi connectivity index (χ1v) is 6.67. The Morgan fingerprint density at radius 3 is 2.48 bits per heavy atom. The number of carbonyl (C=O) groups is 1. The molecule has 6 heteroatoms. The minimum absolute atomic E-state index is 0.203. The van der Waals surface area contributed by atoms with Crippen molar-refractivity contribution < 1.29 is 22.7 Å². The number of ether oxygens (including phenoxy) is 1. The fourth-order valence-corrected chi connectivity index (χ4v) is 2.48. The second kappa shape index (κ2) is 6.17. The summed E-state index contributed by atoms with van der Waals surface area (Å²) >= 11 is 0. The molecule has 0 N–H and O–H groups in total. The van der Waals surface area contributed by atoms with Crippen molar-refractivity contribution >= 4 is 5.97 Å². The SMILES string of the molecule is CC1CCC(C(=O)Oc2cc(F)c(C#N)c(F)c2)C(F)C1. The first-order chi connectivity index (χ1) is 9.92. The molecule has 0 aliphatic heterocycles. The van der Waals surface area contributed by atoms with Gasteiger partial charge in [-0.1, -0.05) is 6.92 Å². The molecule has 0 amide bonds. The quantitative estimate of drug-likeness (QED) is 0.620. The maximum Gasteiger partial charge on any atom is 0.317 e. The molecule has 21 heavy (non-hydrogen) atoms. The van der Waals surface area contributed by atoms with Crippen molar-refractivity contribution in [2.24, 2.45) is 11.8 Å². The van der Waals surface area contributed by atoms with E-state index in [0.717, 1.165) is 12.1 Å². The molecule has 2 rings (SSSR count). The third-order valence-corrected chi connectivity index (χ3v) is 3.68. The second-order valence-corrected chi connectivity index (χ2v) is 5.34. The van der Waals surface area contributed by atoms with E-state index in [1.54, 1.807) is 0 Å². The Morgan fingerprint density at radius 1 is 1.33 bits per heavy atom. The molecule has 0 aromatic heterocycles. The Labute approximate surface area is 120 Å². The van der Waals surface area contributed by atoms with Crippen LogP contribution in [0.4, 0.5) is 13.2 Å². The van der Waals surface area contributed by atoms with Gasteiger partial charge in [-0.2, -0.15) is 5.26 Å². The lowest BCUT2D eigenvalue weighted by molar-refractivity contribution is -0.142. The largest absolute Gasteiger partial charge is 0.426 e. The molecule has 3 nitrogen and oxygen atoms in total. The van der Waals surface area contributed by atoms with E-state index in [0.29, 0.717) is 12.8 Å². The van der Waals surface area contributed by atoms with E-state index in [1.807, 2.05) is 6.92 Å². The predicted molar refractivity (Wildman–Crippen MR) is 68.1 cm³/mol. The molecule has 0 saturated heterocycles. The fraction of sp³-hybridized carbons (Fsp3) is 0.467. The molecule has 112 valence electrons. The standard InChI is InChI=1S/C15H14F3NO2/c1-8-2-3-10(12(16)4-8)15(20)21-9-5-13(17)11(7-19)14(18)6-9/h5-6,8,10,12H,2-4H2,1H3. The van der Waals surface area contributed by atoms with Crippen molar-refractivity contribution in [1.29, 1.82) is 5.26 Å². The summed E-state index contributed by atoms with van der Waals surface area (Å²) in [6.07, 6.45) is 0.0171. The molecule has 0 heterocycles. The van der Waals surface area contributed by atoms with Gasteiger partial charge >= 0.3 is 5.97 Å². The molecule has 1 aliphatic rings. The van der Waals surface area contributed by atoms with Gasteiger partial charge in [0.05, 0.1) is 5.92 Å². The normalized spacial score (nSPS) is 25.2. The molecule has 0 radical (unpaired) electrons. The number of carbonyl (C=O) groups excluding carboxylic acids is 1. The lowest BCUT2D eigenvalue weighted by Gasteiger charge is -2.28. The zero-order valence-corrected chi connectivity index (χ0v) is 11.4. The molecule has 1 aliphatic carbocycles. The average molecular weight is 297 g/mol. The van der Waals surface area contributed by atoms with E-state index < -0.39 is 35.3 Å². The van der Waals surface area contributed by atoms with Crippen LogP contribution in [0.1, 0.15) is 31.7 Å². The Bertz CT molecular complexity index is 574. The molecular weight excluding hydrogens is 283 g/mol. The molecule has 1 saturated carbocycles. The molecule has 3 atom stereocenters. The van der Waals surface area contributed by atoms with Crippen LogP contribution in [0.2, 0.25) is 0 Å². The van der Waals surface area contributed by atoms with Gasteiger partial charge in [-0.15, -0.1) is 0 Å². The lowest BCUT2D eigenvalue weighted by Crippen LogP contribution is -2.34. The van der Waals surface area contributed by atoms with Gasteiger partial charge in [-0.05, 0) is 25.2 Å². The number of alkyl halides is 1. The van der Waals surface area contributed by atoms with E-state index in [4.69, 9.17) is 10.00 Å². The van der Waals surface area contributed by atoms with Crippen LogP contribution in [-0.4, -0.2) is 12.1 Å². The molecular formula is C15H14F3NO2. The number of halogens is 3. The number of esters is 1. The summed E-state index contributed by atoms with van der Waals surface area (Å²) in [5.41, 5.74) is -0.746. The van der Waals surface area contributed by atoms with Crippen LogP contribution in [-0.2, 0) is 4.79 Å². The van der Waals surface area contributed by atoms with Gasteiger partial charge in [0.15, 0.2) is 0 Å². The Kier molecular flexibility index (Phi) is 4.51. The minimum atomic E-state index is -1.31. The summed E-state index contributed by atoms with van der Waals surface area (Å²) in [5.74, 6) is -4.14. The number of hydrogen-bond donors (Lipinski definition) is 0. The number of benzene rings is 1. The number of rotatable bonds is 2. The Balaban J connectivity index is 2.12. The lowest BCUT2D eigenvalue weighted by atomic mass is 9.81. The molecule has 0 spiro atoms.